The van der Waals surface area contributed by atoms with Gasteiger partial charge in [0.2, 0.25) is 0 Å². The first-order chi connectivity index (χ1) is 9.10. The van der Waals surface area contributed by atoms with Crippen molar-refractivity contribution in [3.8, 4) is 18.4 Å². The van der Waals surface area contributed by atoms with Crippen LogP contribution in [0.1, 0.15) is 51.4 Å². The van der Waals surface area contributed by atoms with E-state index < -0.39 is 12.1 Å². The normalized spacial score (nSPS) is 11.1. The van der Waals surface area contributed by atoms with E-state index in [0.717, 1.165) is 12.8 Å². The van der Waals surface area contributed by atoms with Gasteiger partial charge in [0.25, 0.3) is 0 Å². The standard InChI is InChI=1S/C14H19NO4/c1-2-12(8-7-11-15)19-14(18)10-6-4-3-5-9-13(16)17/h1,12H,3-10H2,(H,16,17). The second-order valence-corrected chi connectivity index (χ2v) is 4.15. The predicted molar refractivity (Wildman–Crippen MR) is 68.9 cm³/mol. The number of aliphatic carboxylic acids is 1. The molecule has 0 aromatic rings. The zero-order chi connectivity index (χ0) is 14.5. The van der Waals surface area contributed by atoms with Gasteiger partial charge in [-0.05, 0) is 12.8 Å². The van der Waals surface area contributed by atoms with E-state index in [1.165, 1.54) is 0 Å². The van der Waals surface area contributed by atoms with Crippen LogP contribution in [0.3, 0.4) is 0 Å². The maximum absolute atomic E-state index is 11.4. The summed E-state index contributed by atoms with van der Waals surface area (Å²) in [5, 5.41) is 16.8. The van der Waals surface area contributed by atoms with Crippen LogP contribution in [0.5, 0.6) is 0 Å². The molecular weight excluding hydrogens is 246 g/mol. The van der Waals surface area contributed by atoms with Gasteiger partial charge in [-0.3, -0.25) is 9.59 Å². The van der Waals surface area contributed by atoms with E-state index in [0.29, 0.717) is 19.3 Å². The number of hydrogen-bond acceptors (Lipinski definition) is 4. The van der Waals surface area contributed by atoms with Gasteiger partial charge in [-0.1, -0.05) is 18.8 Å². The number of terminal acetylenes is 1. The van der Waals surface area contributed by atoms with E-state index >= 15 is 0 Å². The van der Waals surface area contributed by atoms with Crippen LogP contribution in [0.25, 0.3) is 0 Å². The summed E-state index contributed by atoms with van der Waals surface area (Å²) in [6, 6.07) is 1.95. The van der Waals surface area contributed by atoms with Gasteiger partial charge in [0.05, 0.1) is 6.07 Å². The third kappa shape index (κ3) is 10.8. The molecule has 0 radical (unpaired) electrons. The quantitative estimate of drug-likeness (QED) is 0.372. The minimum absolute atomic E-state index is 0.164. The SMILES string of the molecule is C#CC(CCC#N)OC(=O)CCCCCCC(=O)O. The Labute approximate surface area is 113 Å². The van der Waals surface area contributed by atoms with Crippen LogP contribution < -0.4 is 0 Å². The molecule has 5 heteroatoms. The van der Waals surface area contributed by atoms with Crippen molar-refractivity contribution < 1.29 is 19.4 Å². The van der Waals surface area contributed by atoms with Crippen LogP contribution in [0.4, 0.5) is 0 Å². The van der Waals surface area contributed by atoms with Crippen molar-refractivity contribution >= 4 is 11.9 Å². The lowest BCUT2D eigenvalue weighted by Gasteiger charge is -2.10. The van der Waals surface area contributed by atoms with Crippen molar-refractivity contribution in [2.75, 3.05) is 0 Å². The van der Waals surface area contributed by atoms with E-state index in [1.807, 2.05) is 6.07 Å². The van der Waals surface area contributed by atoms with Crippen molar-refractivity contribution in [1.82, 2.24) is 0 Å². The second-order valence-electron chi connectivity index (χ2n) is 4.15. The second kappa shape index (κ2) is 11.1. The molecule has 0 aliphatic rings. The summed E-state index contributed by atoms with van der Waals surface area (Å²) >= 11 is 0. The molecule has 0 bridgehead atoms. The summed E-state index contributed by atoms with van der Waals surface area (Å²) in [6.45, 7) is 0. The largest absolute Gasteiger partial charge is 0.481 e. The Balaban J connectivity index is 3.61. The minimum Gasteiger partial charge on any atom is -0.481 e. The van der Waals surface area contributed by atoms with E-state index in [1.54, 1.807) is 0 Å². The molecule has 5 nitrogen and oxygen atoms in total. The highest BCUT2D eigenvalue weighted by molar-refractivity contribution is 5.69. The molecule has 19 heavy (non-hydrogen) atoms. The number of hydrogen-bond donors (Lipinski definition) is 1. The number of carboxylic acids is 1. The van der Waals surface area contributed by atoms with Crippen molar-refractivity contribution in [2.24, 2.45) is 0 Å². The van der Waals surface area contributed by atoms with Gasteiger partial charge >= 0.3 is 11.9 Å². The zero-order valence-corrected chi connectivity index (χ0v) is 10.9. The molecule has 0 amide bonds. The van der Waals surface area contributed by atoms with Gasteiger partial charge in [0, 0.05) is 25.7 Å². The first kappa shape index (κ1) is 17.0. The van der Waals surface area contributed by atoms with E-state index in [2.05, 4.69) is 5.92 Å². The Morgan fingerprint density at radius 2 is 1.84 bits per heavy atom. The highest BCUT2D eigenvalue weighted by Crippen LogP contribution is 2.08. The maximum Gasteiger partial charge on any atom is 0.307 e. The van der Waals surface area contributed by atoms with E-state index in [9.17, 15) is 9.59 Å². The van der Waals surface area contributed by atoms with Gasteiger partial charge in [-0.25, -0.2) is 0 Å². The number of nitrogens with zero attached hydrogens (tertiary/aromatic N) is 1. The lowest BCUT2D eigenvalue weighted by atomic mass is 10.1. The van der Waals surface area contributed by atoms with E-state index in [4.69, 9.17) is 21.5 Å². The molecule has 104 valence electrons. The summed E-state index contributed by atoms with van der Waals surface area (Å²) in [7, 11) is 0. The lowest BCUT2D eigenvalue weighted by molar-refractivity contribution is -0.146. The van der Waals surface area contributed by atoms with Crippen LogP contribution in [0.2, 0.25) is 0 Å². The van der Waals surface area contributed by atoms with Crippen molar-refractivity contribution in [1.29, 1.82) is 5.26 Å². The van der Waals surface area contributed by atoms with Crippen molar-refractivity contribution in [2.45, 2.75) is 57.5 Å². The van der Waals surface area contributed by atoms with Crippen LogP contribution in [-0.2, 0) is 14.3 Å². The third-order valence-electron chi connectivity index (χ3n) is 2.50. The molecule has 0 fully saturated rings. The molecule has 1 unspecified atom stereocenters. The summed E-state index contributed by atoms with van der Waals surface area (Å²) in [5.74, 6) is 1.17. The highest BCUT2D eigenvalue weighted by Gasteiger charge is 2.11. The number of nitriles is 1. The molecule has 0 aromatic heterocycles. The van der Waals surface area contributed by atoms with Crippen molar-refractivity contribution in [3.63, 3.8) is 0 Å². The van der Waals surface area contributed by atoms with Crippen molar-refractivity contribution in [3.05, 3.63) is 0 Å². The molecule has 0 aromatic carbocycles. The zero-order valence-electron chi connectivity index (χ0n) is 10.9. The van der Waals surface area contributed by atoms with Gasteiger partial charge < -0.3 is 9.84 Å². The molecule has 0 saturated carbocycles. The van der Waals surface area contributed by atoms with Gasteiger partial charge in [-0.15, -0.1) is 6.42 Å². The Hall–Kier alpha value is -2.01. The summed E-state index contributed by atoms with van der Waals surface area (Å²) in [4.78, 5) is 21.7. The number of unbranched alkanes of at least 4 members (excludes halogenated alkanes) is 3. The number of rotatable bonds is 10. The number of carboxylic acid groups (broad SMARTS) is 1. The molecule has 0 spiro atoms. The van der Waals surface area contributed by atoms with E-state index in [-0.39, 0.29) is 25.2 Å². The average Bonchev–Trinajstić information content (AvgIpc) is 2.38. The fourth-order valence-electron chi connectivity index (χ4n) is 1.49. The number of carbonyl (C=O) groups excluding carboxylic acids is 1. The Bertz CT molecular complexity index is 365. The Morgan fingerprint density at radius 3 is 2.37 bits per heavy atom. The number of carbonyl (C=O) groups is 2. The summed E-state index contributed by atoms with van der Waals surface area (Å²) < 4.78 is 5.03. The van der Waals surface area contributed by atoms with Crippen LogP contribution in [-0.4, -0.2) is 23.1 Å². The fourth-order valence-corrected chi connectivity index (χ4v) is 1.49. The summed E-state index contributed by atoms with van der Waals surface area (Å²) in [5.41, 5.74) is 0. The highest BCUT2D eigenvalue weighted by atomic mass is 16.5. The first-order valence-corrected chi connectivity index (χ1v) is 6.34. The molecular formula is C14H19NO4. The predicted octanol–water partition coefficient (Wildman–Crippen LogP) is 2.26. The van der Waals surface area contributed by atoms with Crippen LogP contribution >= 0.6 is 0 Å². The van der Waals surface area contributed by atoms with Gasteiger partial charge in [-0.2, -0.15) is 5.26 Å². The Kier molecular flexibility index (Phi) is 9.93. The monoisotopic (exact) mass is 265 g/mol. The molecule has 0 aliphatic carbocycles. The smallest absolute Gasteiger partial charge is 0.307 e. The molecule has 1 N–H and O–H groups in total. The summed E-state index contributed by atoms with van der Waals surface area (Å²) in [6.07, 6.45) is 8.49. The molecule has 0 rings (SSSR count). The van der Waals surface area contributed by atoms with Crippen LogP contribution in [0, 0.1) is 23.7 Å². The minimum atomic E-state index is -0.797. The maximum atomic E-state index is 11.4. The van der Waals surface area contributed by atoms with Crippen LogP contribution in [0.15, 0.2) is 0 Å². The molecule has 1 atom stereocenters. The topological polar surface area (TPSA) is 87.4 Å². The van der Waals surface area contributed by atoms with Gasteiger partial charge in [0.1, 0.15) is 0 Å². The molecule has 0 saturated heterocycles. The molecule has 0 heterocycles. The average molecular weight is 265 g/mol. The van der Waals surface area contributed by atoms with Gasteiger partial charge in [0.15, 0.2) is 6.10 Å². The fraction of sp³-hybridized carbons (Fsp3) is 0.643. The number of esters is 1. The third-order valence-corrected chi connectivity index (χ3v) is 2.50. The number of ether oxygens (including phenoxy) is 1. The lowest BCUT2D eigenvalue weighted by Crippen LogP contribution is -2.16. The Morgan fingerprint density at radius 1 is 1.21 bits per heavy atom. The molecule has 0 aliphatic heterocycles. The first-order valence-electron chi connectivity index (χ1n) is 6.34.